The largest absolute Gasteiger partial charge is 0.444 e. The lowest BCUT2D eigenvalue weighted by Gasteiger charge is -2.13. The number of hydrogen-bond donors (Lipinski definition) is 2. The summed E-state index contributed by atoms with van der Waals surface area (Å²) in [5, 5.41) is 2.70. The van der Waals surface area contributed by atoms with Crippen LogP contribution in [0.5, 0.6) is 0 Å². The van der Waals surface area contributed by atoms with E-state index in [2.05, 4.69) is 10.3 Å². The SMILES string of the molecule is Cc1cnc(CNC(=O)[C@@H](N)CC(C)C)o1. The molecule has 1 aromatic heterocycles. The Bertz CT molecular complexity index is 347. The number of oxazole rings is 1. The van der Waals surface area contributed by atoms with Gasteiger partial charge in [0, 0.05) is 0 Å². The molecule has 0 bridgehead atoms. The minimum atomic E-state index is -0.462. The quantitative estimate of drug-likeness (QED) is 0.782. The summed E-state index contributed by atoms with van der Waals surface area (Å²) in [5.74, 6) is 1.48. The van der Waals surface area contributed by atoms with Crippen molar-refractivity contribution in [2.24, 2.45) is 11.7 Å². The first-order valence-electron chi connectivity index (χ1n) is 5.43. The van der Waals surface area contributed by atoms with Crippen molar-refractivity contribution in [2.75, 3.05) is 0 Å². The molecule has 90 valence electrons. The number of aromatic nitrogens is 1. The van der Waals surface area contributed by atoms with Gasteiger partial charge in [-0.1, -0.05) is 13.8 Å². The Morgan fingerprint density at radius 1 is 1.62 bits per heavy atom. The monoisotopic (exact) mass is 225 g/mol. The van der Waals surface area contributed by atoms with Gasteiger partial charge in [-0.2, -0.15) is 0 Å². The van der Waals surface area contributed by atoms with Gasteiger partial charge in [0.15, 0.2) is 0 Å². The second-order valence-electron chi connectivity index (χ2n) is 4.32. The first-order chi connectivity index (χ1) is 7.49. The topological polar surface area (TPSA) is 81.2 Å². The van der Waals surface area contributed by atoms with Gasteiger partial charge in [-0.15, -0.1) is 0 Å². The predicted octanol–water partition coefficient (Wildman–Crippen LogP) is 0.973. The van der Waals surface area contributed by atoms with Crippen LogP contribution in [-0.2, 0) is 11.3 Å². The van der Waals surface area contributed by atoms with Crippen molar-refractivity contribution in [1.29, 1.82) is 0 Å². The average Bonchev–Trinajstić information content (AvgIpc) is 2.59. The van der Waals surface area contributed by atoms with E-state index in [1.165, 1.54) is 0 Å². The van der Waals surface area contributed by atoms with E-state index in [4.69, 9.17) is 10.2 Å². The number of rotatable bonds is 5. The number of nitrogens with two attached hydrogens (primary N) is 1. The van der Waals surface area contributed by atoms with Crippen LogP contribution < -0.4 is 11.1 Å². The molecule has 0 unspecified atom stereocenters. The molecule has 1 atom stereocenters. The standard InChI is InChI=1S/C11H19N3O2/c1-7(2)4-9(12)11(15)14-6-10-13-5-8(3)16-10/h5,7,9H,4,6,12H2,1-3H3,(H,14,15)/t9-/m0/s1. The summed E-state index contributed by atoms with van der Waals surface area (Å²) in [6.45, 7) is 6.16. The van der Waals surface area contributed by atoms with E-state index in [0.717, 1.165) is 5.76 Å². The summed E-state index contributed by atoms with van der Waals surface area (Å²) < 4.78 is 5.23. The van der Waals surface area contributed by atoms with E-state index in [1.807, 2.05) is 20.8 Å². The summed E-state index contributed by atoms with van der Waals surface area (Å²) in [6, 6.07) is -0.462. The zero-order chi connectivity index (χ0) is 12.1. The van der Waals surface area contributed by atoms with Gasteiger partial charge in [0.05, 0.1) is 18.8 Å². The molecule has 0 spiro atoms. The van der Waals surface area contributed by atoms with Gasteiger partial charge in [0.2, 0.25) is 11.8 Å². The molecule has 16 heavy (non-hydrogen) atoms. The molecule has 0 aliphatic carbocycles. The Morgan fingerprint density at radius 2 is 2.31 bits per heavy atom. The average molecular weight is 225 g/mol. The number of aryl methyl sites for hydroxylation is 1. The van der Waals surface area contributed by atoms with E-state index in [-0.39, 0.29) is 5.91 Å². The van der Waals surface area contributed by atoms with Crippen molar-refractivity contribution in [1.82, 2.24) is 10.3 Å². The van der Waals surface area contributed by atoms with E-state index < -0.39 is 6.04 Å². The first-order valence-corrected chi connectivity index (χ1v) is 5.43. The third-order valence-corrected chi connectivity index (χ3v) is 2.15. The van der Waals surface area contributed by atoms with Gasteiger partial charge in [-0.3, -0.25) is 4.79 Å². The Hall–Kier alpha value is -1.36. The number of nitrogens with one attached hydrogen (secondary N) is 1. The van der Waals surface area contributed by atoms with E-state index >= 15 is 0 Å². The second kappa shape index (κ2) is 5.65. The molecular weight excluding hydrogens is 206 g/mol. The minimum Gasteiger partial charge on any atom is -0.444 e. The minimum absolute atomic E-state index is 0.162. The third kappa shape index (κ3) is 4.02. The van der Waals surface area contributed by atoms with Crippen LogP contribution in [0.2, 0.25) is 0 Å². The molecular formula is C11H19N3O2. The van der Waals surface area contributed by atoms with Crippen molar-refractivity contribution in [3.05, 3.63) is 17.8 Å². The summed E-state index contributed by atoms with van der Waals surface area (Å²) in [6.07, 6.45) is 2.30. The van der Waals surface area contributed by atoms with Gasteiger partial charge in [-0.25, -0.2) is 4.98 Å². The highest BCUT2D eigenvalue weighted by Crippen LogP contribution is 2.04. The summed E-state index contributed by atoms with van der Waals surface area (Å²) in [4.78, 5) is 15.5. The lowest BCUT2D eigenvalue weighted by atomic mass is 10.0. The van der Waals surface area contributed by atoms with Gasteiger partial charge in [0.25, 0.3) is 0 Å². The third-order valence-electron chi connectivity index (χ3n) is 2.15. The fraction of sp³-hybridized carbons (Fsp3) is 0.636. The summed E-state index contributed by atoms with van der Waals surface area (Å²) in [7, 11) is 0. The normalized spacial score (nSPS) is 12.8. The molecule has 0 saturated heterocycles. The number of nitrogens with zero attached hydrogens (tertiary/aromatic N) is 1. The lowest BCUT2D eigenvalue weighted by Crippen LogP contribution is -2.41. The van der Waals surface area contributed by atoms with Gasteiger partial charge in [0.1, 0.15) is 5.76 Å². The van der Waals surface area contributed by atoms with Crippen LogP contribution in [0.1, 0.15) is 31.9 Å². The van der Waals surface area contributed by atoms with Gasteiger partial charge in [-0.05, 0) is 19.3 Å². The van der Waals surface area contributed by atoms with Crippen molar-refractivity contribution in [2.45, 2.75) is 39.8 Å². The Labute approximate surface area is 95.4 Å². The van der Waals surface area contributed by atoms with Crippen LogP contribution in [0.3, 0.4) is 0 Å². The first kappa shape index (κ1) is 12.7. The zero-order valence-electron chi connectivity index (χ0n) is 9.99. The van der Waals surface area contributed by atoms with Crippen molar-refractivity contribution in [3.8, 4) is 0 Å². The van der Waals surface area contributed by atoms with Crippen LogP contribution in [0.25, 0.3) is 0 Å². The predicted molar refractivity (Wildman–Crippen MR) is 60.5 cm³/mol. The van der Waals surface area contributed by atoms with Crippen molar-refractivity contribution < 1.29 is 9.21 Å². The fourth-order valence-electron chi connectivity index (χ4n) is 1.39. The van der Waals surface area contributed by atoms with Crippen molar-refractivity contribution >= 4 is 5.91 Å². The molecule has 5 heteroatoms. The molecule has 0 fully saturated rings. The fourth-order valence-corrected chi connectivity index (χ4v) is 1.39. The van der Waals surface area contributed by atoms with Crippen molar-refractivity contribution in [3.63, 3.8) is 0 Å². The maximum atomic E-state index is 11.6. The van der Waals surface area contributed by atoms with Gasteiger partial charge < -0.3 is 15.5 Å². The lowest BCUT2D eigenvalue weighted by molar-refractivity contribution is -0.122. The summed E-state index contributed by atoms with van der Waals surface area (Å²) in [5.41, 5.74) is 5.72. The Kier molecular flexibility index (Phi) is 4.49. The number of hydrogen-bond acceptors (Lipinski definition) is 4. The van der Waals surface area contributed by atoms with Crippen LogP contribution in [0, 0.1) is 12.8 Å². The molecule has 0 aliphatic rings. The van der Waals surface area contributed by atoms with Crippen LogP contribution in [0.15, 0.2) is 10.6 Å². The Balaban J connectivity index is 2.35. The molecule has 0 aliphatic heterocycles. The molecule has 5 nitrogen and oxygen atoms in total. The van der Waals surface area contributed by atoms with Crippen LogP contribution in [0.4, 0.5) is 0 Å². The molecule has 0 radical (unpaired) electrons. The number of carbonyl (C=O) groups is 1. The van der Waals surface area contributed by atoms with Crippen LogP contribution >= 0.6 is 0 Å². The van der Waals surface area contributed by atoms with E-state index in [1.54, 1.807) is 6.20 Å². The Morgan fingerprint density at radius 3 is 2.81 bits per heavy atom. The second-order valence-corrected chi connectivity index (χ2v) is 4.32. The highest BCUT2D eigenvalue weighted by atomic mass is 16.4. The molecule has 3 N–H and O–H groups in total. The van der Waals surface area contributed by atoms with E-state index in [9.17, 15) is 4.79 Å². The maximum Gasteiger partial charge on any atom is 0.237 e. The zero-order valence-corrected chi connectivity index (χ0v) is 9.99. The molecule has 0 saturated carbocycles. The maximum absolute atomic E-state index is 11.6. The highest BCUT2D eigenvalue weighted by Gasteiger charge is 2.15. The smallest absolute Gasteiger partial charge is 0.237 e. The number of carbonyl (C=O) groups excluding carboxylic acids is 1. The van der Waals surface area contributed by atoms with Crippen LogP contribution in [-0.4, -0.2) is 16.9 Å². The van der Waals surface area contributed by atoms with E-state index in [0.29, 0.717) is 24.8 Å². The van der Waals surface area contributed by atoms with Gasteiger partial charge >= 0.3 is 0 Å². The molecule has 1 aromatic rings. The number of amides is 1. The highest BCUT2D eigenvalue weighted by molar-refractivity contribution is 5.81. The molecule has 1 amide bonds. The molecule has 1 rings (SSSR count). The molecule has 1 heterocycles. The molecule has 0 aromatic carbocycles. The summed E-state index contributed by atoms with van der Waals surface area (Å²) >= 11 is 0.